The first kappa shape index (κ1) is 15.6. The average molecular weight is 336 g/mol. The van der Waals surface area contributed by atoms with Crippen molar-refractivity contribution >= 4 is 15.9 Å². The van der Waals surface area contributed by atoms with E-state index in [-0.39, 0.29) is 5.91 Å². The van der Waals surface area contributed by atoms with E-state index in [4.69, 9.17) is 0 Å². The van der Waals surface area contributed by atoms with Crippen LogP contribution in [0.1, 0.15) is 10.4 Å². The molecule has 2 heterocycles. The molecule has 1 aliphatic heterocycles. The number of aromatic nitrogens is 4. The molecule has 3 rings (SSSR count). The monoisotopic (exact) mass is 336 g/mol. The van der Waals surface area contributed by atoms with E-state index in [2.05, 4.69) is 15.5 Å². The van der Waals surface area contributed by atoms with Crippen LogP contribution in [0.5, 0.6) is 0 Å². The van der Waals surface area contributed by atoms with E-state index in [9.17, 15) is 13.2 Å². The van der Waals surface area contributed by atoms with E-state index in [1.807, 2.05) is 0 Å². The molecular formula is C13H16N6O3S. The highest BCUT2D eigenvalue weighted by Gasteiger charge is 2.26. The number of piperazine rings is 1. The maximum atomic E-state index is 12.5. The molecule has 0 saturated carbocycles. The van der Waals surface area contributed by atoms with E-state index in [1.165, 1.54) is 21.6 Å². The van der Waals surface area contributed by atoms with Gasteiger partial charge in [-0.05, 0) is 34.7 Å². The molecule has 0 spiro atoms. The average Bonchev–Trinajstić information content (AvgIpc) is 3.08. The van der Waals surface area contributed by atoms with Gasteiger partial charge in [0.2, 0.25) is 10.0 Å². The summed E-state index contributed by atoms with van der Waals surface area (Å²) in [7, 11) is -3.20. The minimum atomic E-state index is -3.20. The maximum absolute atomic E-state index is 12.5. The molecule has 0 N–H and O–H groups in total. The van der Waals surface area contributed by atoms with Gasteiger partial charge < -0.3 is 4.90 Å². The summed E-state index contributed by atoms with van der Waals surface area (Å²) < 4.78 is 25.9. The Morgan fingerprint density at radius 3 is 2.26 bits per heavy atom. The van der Waals surface area contributed by atoms with Crippen molar-refractivity contribution in [1.82, 2.24) is 29.4 Å². The van der Waals surface area contributed by atoms with Gasteiger partial charge in [0.1, 0.15) is 6.33 Å². The lowest BCUT2D eigenvalue weighted by atomic mass is 10.1. The SMILES string of the molecule is CS(=O)(=O)N1CCN(C(=O)c2ccc(-n3cnnn3)cc2)CC1. The minimum Gasteiger partial charge on any atom is -0.336 e. The largest absolute Gasteiger partial charge is 0.336 e. The summed E-state index contributed by atoms with van der Waals surface area (Å²) in [4.78, 5) is 14.1. The molecule has 0 radical (unpaired) electrons. The third kappa shape index (κ3) is 3.37. The predicted octanol–water partition coefficient (Wildman–Crippen LogP) is -0.620. The fraction of sp³-hybridized carbons (Fsp3) is 0.385. The fourth-order valence-electron chi connectivity index (χ4n) is 2.44. The highest BCUT2D eigenvalue weighted by atomic mass is 32.2. The van der Waals surface area contributed by atoms with Crippen LogP contribution < -0.4 is 0 Å². The Bertz CT molecular complexity index is 780. The second-order valence-corrected chi connectivity index (χ2v) is 7.24. The standard InChI is InChI=1S/C13H16N6O3S/c1-23(21,22)18-8-6-17(7-9-18)13(20)11-2-4-12(5-3-11)19-10-14-15-16-19/h2-5,10H,6-9H2,1H3. The Morgan fingerprint density at radius 2 is 1.74 bits per heavy atom. The Balaban J connectivity index is 1.67. The second-order valence-electron chi connectivity index (χ2n) is 5.26. The molecule has 0 unspecified atom stereocenters. The highest BCUT2D eigenvalue weighted by molar-refractivity contribution is 7.88. The summed E-state index contributed by atoms with van der Waals surface area (Å²) in [6.07, 6.45) is 2.66. The van der Waals surface area contributed by atoms with Crippen LogP contribution in [0.2, 0.25) is 0 Å². The maximum Gasteiger partial charge on any atom is 0.253 e. The molecule has 1 amide bonds. The fourth-order valence-corrected chi connectivity index (χ4v) is 3.27. The molecular weight excluding hydrogens is 320 g/mol. The van der Waals surface area contributed by atoms with Crippen LogP contribution in [0.15, 0.2) is 30.6 Å². The number of carbonyl (C=O) groups is 1. The van der Waals surface area contributed by atoms with Crippen LogP contribution in [0.25, 0.3) is 5.69 Å². The number of sulfonamides is 1. The third-order valence-electron chi connectivity index (χ3n) is 3.72. The number of amides is 1. The van der Waals surface area contributed by atoms with Crippen LogP contribution in [0, 0.1) is 0 Å². The Kier molecular flexibility index (Phi) is 4.09. The predicted molar refractivity (Wildman–Crippen MR) is 81.5 cm³/mol. The molecule has 1 aromatic carbocycles. The number of carbonyl (C=O) groups excluding carboxylic acids is 1. The normalized spacial score (nSPS) is 16.5. The van der Waals surface area contributed by atoms with Gasteiger partial charge in [0, 0.05) is 31.7 Å². The number of benzene rings is 1. The molecule has 23 heavy (non-hydrogen) atoms. The molecule has 10 heteroatoms. The number of nitrogens with zero attached hydrogens (tertiary/aromatic N) is 6. The summed E-state index contributed by atoms with van der Waals surface area (Å²) in [5.74, 6) is -0.110. The number of hydrogen-bond donors (Lipinski definition) is 0. The zero-order valence-corrected chi connectivity index (χ0v) is 13.3. The van der Waals surface area contributed by atoms with Crippen LogP contribution in [-0.2, 0) is 10.0 Å². The molecule has 0 aliphatic carbocycles. The van der Waals surface area contributed by atoms with E-state index in [0.717, 1.165) is 5.69 Å². The quantitative estimate of drug-likeness (QED) is 0.740. The number of rotatable bonds is 3. The Morgan fingerprint density at radius 1 is 1.09 bits per heavy atom. The van der Waals surface area contributed by atoms with Gasteiger partial charge in [0.25, 0.3) is 5.91 Å². The molecule has 122 valence electrons. The molecule has 2 aromatic rings. The van der Waals surface area contributed by atoms with Crippen molar-refractivity contribution in [1.29, 1.82) is 0 Å². The van der Waals surface area contributed by atoms with Crippen molar-refractivity contribution < 1.29 is 13.2 Å². The number of hydrogen-bond acceptors (Lipinski definition) is 6. The van der Waals surface area contributed by atoms with Crippen LogP contribution in [0.3, 0.4) is 0 Å². The summed E-state index contributed by atoms with van der Waals surface area (Å²) in [5, 5.41) is 10.9. The van der Waals surface area contributed by atoms with Gasteiger partial charge in [-0.15, -0.1) is 5.10 Å². The zero-order chi connectivity index (χ0) is 16.4. The zero-order valence-electron chi connectivity index (χ0n) is 12.5. The summed E-state index contributed by atoms with van der Waals surface area (Å²) in [6.45, 7) is 1.43. The van der Waals surface area contributed by atoms with E-state index in [0.29, 0.717) is 31.7 Å². The van der Waals surface area contributed by atoms with Crippen molar-refractivity contribution in [3.63, 3.8) is 0 Å². The highest BCUT2D eigenvalue weighted by Crippen LogP contribution is 2.13. The number of tetrazole rings is 1. The summed E-state index contributed by atoms with van der Waals surface area (Å²) in [5.41, 5.74) is 1.31. The molecule has 1 aromatic heterocycles. The van der Waals surface area contributed by atoms with E-state index in [1.54, 1.807) is 29.2 Å². The first-order valence-electron chi connectivity index (χ1n) is 7.03. The van der Waals surface area contributed by atoms with Crippen molar-refractivity contribution in [2.24, 2.45) is 0 Å². The van der Waals surface area contributed by atoms with Gasteiger partial charge in [0.05, 0.1) is 11.9 Å². The molecule has 1 aliphatic rings. The lowest BCUT2D eigenvalue weighted by molar-refractivity contribution is 0.0698. The van der Waals surface area contributed by atoms with Crippen LogP contribution in [-0.4, -0.2) is 76.2 Å². The minimum absolute atomic E-state index is 0.110. The second kappa shape index (κ2) is 6.05. The summed E-state index contributed by atoms with van der Waals surface area (Å²) in [6, 6.07) is 6.94. The first-order chi connectivity index (χ1) is 10.9. The molecule has 0 bridgehead atoms. The van der Waals surface area contributed by atoms with Gasteiger partial charge in [0.15, 0.2) is 0 Å². The van der Waals surface area contributed by atoms with Crippen molar-refractivity contribution in [2.75, 3.05) is 32.4 Å². The molecule has 1 saturated heterocycles. The lowest BCUT2D eigenvalue weighted by Crippen LogP contribution is -2.50. The van der Waals surface area contributed by atoms with E-state index < -0.39 is 10.0 Å². The molecule has 0 atom stereocenters. The van der Waals surface area contributed by atoms with Crippen molar-refractivity contribution in [3.8, 4) is 5.69 Å². The third-order valence-corrected chi connectivity index (χ3v) is 5.03. The smallest absolute Gasteiger partial charge is 0.253 e. The topological polar surface area (TPSA) is 101 Å². The van der Waals surface area contributed by atoms with Gasteiger partial charge in [-0.2, -0.15) is 4.31 Å². The van der Waals surface area contributed by atoms with Gasteiger partial charge in [-0.1, -0.05) is 0 Å². The Labute approximate surface area is 133 Å². The van der Waals surface area contributed by atoms with Gasteiger partial charge >= 0.3 is 0 Å². The molecule has 1 fully saturated rings. The van der Waals surface area contributed by atoms with Crippen LogP contribution in [0.4, 0.5) is 0 Å². The Hall–Kier alpha value is -2.33. The van der Waals surface area contributed by atoms with Gasteiger partial charge in [-0.25, -0.2) is 13.1 Å². The van der Waals surface area contributed by atoms with Crippen molar-refractivity contribution in [2.45, 2.75) is 0 Å². The van der Waals surface area contributed by atoms with Gasteiger partial charge in [-0.3, -0.25) is 4.79 Å². The van der Waals surface area contributed by atoms with Crippen LogP contribution >= 0.6 is 0 Å². The van der Waals surface area contributed by atoms with Crippen molar-refractivity contribution in [3.05, 3.63) is 36.2 Å². The lowest BCUT2D eigenvalue weighted by Gasteiger charge is -2.33. The van der Waals surface area contributed by atoms with E-state index >= 15 is 0 Å². The summed E-state index contributed by atoms with van der Waals surface area (Å²) >= 11 is 0. The first-order valence-corrected chi connectivity index (χ1v) is 8.88. The molecule has 9 nitrogen and oxygen atoms in total.